The van der Waals surface area contributed by atoms with Gasteiger partial charge in [-0.3, -0.25) is 4.90 Å². The van der Waals surface area contributed by atoms with Crippen LogP contribution in [0.1, 0.15) is 12.5 Å². The lowest BCUT2D eigenvalue weighted by molar-refractivity contribution is 0.333. The van der Waals surface area contributed by atoms with Gasteiger partial charge >= 0.3 is 0 Å². The van der Waals surface area contributed by atoms with Crippen LogP contribution in [0.2, 0.25) is 5.02 Å². The summed E-state index contributed by atoms with van der Waals surface area (Å²) in [5.41, 5.74) is 6.64. The van der Waals surface area contributed by atoms with E-state index in [-0.39, 0.29) is 0 Å². The van der Waals surface area contributed by atoms with Gasteiger partial charge < -0.3 is 10.5 Å². The largest absolute Gasteiger partial charge is 0.492 e. The summed E-state index contributed by atoms with van der Waals surface area (Å²) < 4.78 is 5.35. The second kappa shape index (κ2) is 5.95. The molecule has 0 aliphatic heterocycles. The first kappa shape index (κ1) is 12.3. The summed E-state index contributed by atoms with van der Waals surface area (Å²) in [6.45, 7) is 3.89. The summed E-state index contributed by atoms with van der Waals surface area (Å²) in [6, 6.07) is 5.81. The van der Waals surface area contributed by atoms with Crippen molar-refractivity contribution in [3.63, 3.8) is 0 Å². The minimum absolute atomic E-state index is 0.533. The highest BCUT2D eigenvalue weighted by Crippen LogP contribution is 2.25. The molecule has 0 heterocycles. The fraction of sp³-hybridized carbons (Fsp3) is 0.455. The first-order valence-electron chi connectivity index (χ1n) is 4.97. The summed E-state index contributed by atoms with van der Waals surface area (Å²) in [7, 11) is 1.96. The number of nitrogens with two attached hydrogens (primary N) is 1. The van der Waals surface area contributed by atoms with E-state index in [4.69, 9.17) is 22.1 Å². The molecule has 1 aromatic carbocycles. The minimum atomic E-state index is 0.533. The van der Waals surface area contributed by atoms with Gasteiger partial charge in [0.15, 0.2) is 0 Å². The van der Waals surface area contributed by atoms with Crippen LogP contribution in [-0.4, -0.2) is 25.2 Å². The van der Waals surface area contributed by atoms with Crippen molar-refractivity contribution in [3.8, 4) is 5.75 Å². The molecule has 3 nitrogen and oxygen atoms in total. The number of hydrogen-bond acceptors (Lipinski definition) is 3. The van der Waals surface area contributed by atoms with Crippen LogP contribution in [0.4, 0.5) is 0 Å². The van der Waals surface area contributed by atoms with E-state index in [9.17, 15) is 0 Å². The molecule has 0 radical (unpaired) electrons. The lowest BCUT2D eigenvalue weighted by Crippen LogP contribution is -2.24. The fourth-order valence-electron chi connectivity index (χ4n) is 1.29. The summed E-state index contributed by atoms with van der Waals surface area (Å²) in [4.78, 5) is 2.01. The molecule has 0 unspecified atom stereocenters. The average molecular weight is 229 g/mol. The highest BCUT2D eigenvalue weighted by Gasteiger charge is 2.03. The van der Waals surface area contributed by atoms with E-state index in [0.717, 1.165) is 17.9 Å². The number of ether oxygens (including phenoxy) is 1. The minimum Gasteiger partial charge on any atom is -0.492 e. The maximum absolute atomic E-state index is 6.06. The summed E-state index contributed by atoms with van der Waals surface area (Å²) >= 11 is 6.06. The Morgan fingerprint density at radius 1 is 1.47 bits per heavy atom. The maximum atomic E-state index is 6.06. The van der Waals surface area contributed by atoms with Crippen molar-refractivity contribution in [2.24, 2.45) is 5.73 Å². The SMILES string of the molecule is CCOc1ccc(CN(C)CN)cc1Cl. The predicted octanol–water partition coefficient (Wildman–Crippen LogP) is 2.09. The molecule has 0 aliphatic rings. The molecule has 0 atom stereocenters. The first-order valence-corrected chi connectivity index (χ1v) is 5.35. The Kier molecular flexibility index (Phi) is 4.88. The second-order valence-electron chi connectivity index (χ2n) is 3.39. The van der Waals surface area contributed by atoms with E-state index < -0.39 is 0 Å². The smallest absolute Gasteiger partial charge is 0.137 e. The molecule has 0 spiro atoms. The van der Waals surface area contributed by atoms with Crippen molar-refractivity contribution in [3.05, 3.63) is 28.8 Å². The van der Waals surface area contributed by atoms with Crippen molar-refractivity contribution in [2.45, 2.75) is 13.5 Å². The predicted molar refractivity (Wildman–Crippen MR) is 63.1 cm³/mol. The highest BCUT2D eigenvalue weighted by molar-refractivity contribution is 6.32. The Labute approximate surface area is 95.8 Å². The van der Waals surface area contributed by atoms with E-state index in [0.29, 0.717) is 18.3 Å². The third-order valence-corrected chi connectivity index (χ3v) is 2.36. The molecular formula is C11H17ClN2O. The number of rotatable bonds is 5. The first-order chi connectivity index (χ1) is 7.17. The summed E-state index contributed by atoms with van der Waals surface area (Å²) in [5, 5.41) is 0.653. The Morgan fingerprint density at radius 3 is 2.73 bits per heavy atom. The van der Waals surface area contributed by atoms with Gasteiger partial charge in [-0.2, -0.15) is 0 Å². The van der Waals surface area contributed by atoms with Crippen LogP contribution in [0, 0.1) is 0 Å². The molecule has 1 aromatic rings. The molecule has 0 aromatic heterocycles. The Morgan fingerprint density at radius 2 is 2.20 bits per heavy atom. The zero-order chi connectivity index (χ0) is 11.3. The van der Waals surface area contributed by atoms with E-state index in [2.05, 4.69) is 0 Å². The van der Waals surface area contributed by atoms with Gasteiger partial charge in [-0.15, -0.1) is 0 Å². The van der Waals surface area contributed by atoms with Crippen LogP contribution < -0.4 is 10.5 Å². The van der Waals surface area contributed by atoms with E-state index in [1.54, 1.807) is 0 Å². The molecule has 4 heteroatoms. The molecule has 0 aliphatic carbocycles. The topological polar surface area (TPSA) is 38.5 Å². The van der Waals surface area contributed by atoms with Crippen molar-refractivity contribution in [1.29, 1.82) is 0 Å². The van der Waals surface area contributed by atoms with Crippen LogP contribution in [0.15, 0.2) is 18.2 Å². The molecule has 1 rings (SSSR count). The van der Waals surface area contributed by atoms with Gasteiger partial charge in [0.1, 0.15) is 5.75 Å². The molecular weight excluding hydrogens is 212 g/mol. The van der Waals surface area contributed by atoms with Gasteiger partial charge in [-0.1, -0.05) is 17.7 Å². The van der Waals surface area contributed by atoms with Crippen molar-refractivity contribution in [2.75, 3.05) is 20.3 Å². The Bertz CT molecular complexity index is 317. The van der Waals surface area contributed by atoms with Gasteiger partial charge in [0.2, 0.25) is 0 Å². The molecule has 0 saturated heterocycles. The number of nitrogens with zero attached hydrogens (tertiary/aromatic N) is 1. The monoisotopic (exact) mass is 228 g/mol. The van der Waals surface area contributed by atoms with Gasteiger partial charge in [0, 0.05) is 13.2 Å². The van der Waals surface area contributed by atoms with Crippen LogP contribution in [0.25, 0.3) is 0 Å². The fourth-order valence-corrected chi connectivity index (χ4v) is 1.55. The third-order valence-electron chi connectivity index (χ3n) is 2.06. The van der Waals surface area contributed by atoms with Gasteiger partial charge in [0.05, 0.1) is 11.6 Å². The molecule has 0 amide bonds. The normalized spacial score (nSPS) is 10.7. The van der Waals surface area contributed by atoms with Crippen molar-refractivity contribution >= 4 is 11.6 Å². The average Bonchev–Trinajstić information content (AvgIpc) is 2.22. The number of halogens is 1. The number of benzene rings is 1. The lowest BCUT2D eigenvalue weighted by Gasteiger charge is -2.14. The summed E-state index contributed by atoms with van der Waals surface area (Å²) in [5.74, 6) is 0.735. The van der Waals surface area contributed by atoms with Crippen LogP contribution in [0.5, 0.6) is 5.75 Å². The van der Waals surface area contributed by atoms with Crippen molar-refractivity contribution in [1.82, 2.24) is 4.90 Å². The standard InChI is InChI=1S/C11H17ClN2O/c1-3-15-11-5-4-9(6-10(11)12)7-14(2)8-13/h4-6H,3,7-8,13H2,1-2H3. The Hall–Kier alpha value is -0.770. The quantitative estimate of drug-likeness (QED) is 0.785. The molecule has 84 valence electrons. The zero-order valence-corrected chi connectivity index (χ0v) is 9.92. The zero-order valence-electron chi connectivity index (χ0n) is 9.16. The van der Waals surface area contributed by atoms with Crippen molar-refractivity contribution < 1.29 is 4.74 Å². The van der Waals surface area contributed by atoms with E-state index in [1.165, 1.54) is 0 Å². The van der Waals surface area contributed by atoms with Gasteiger partial charge in [-0.05, 0) is 31.7 Å². The van der Waals surface area contributed by atoms with Crippen LogP contribution in [0.3, 0.4) is 0 Å². The third kappa shape index (κ3) is 3.70. The van der Waals surface area contributed by atoms with Gasteiger partial charge in [0.25, 0.3) is 0 Å². The van der Waals surface area contributed by atoms with Gasteiger partial charge in [-0.25, -0.2) is 0 Å². The molecule has 0 saturated carbocycles. The molecule has 0 fully saturated rings. The Balaban J connectivity index is 2.73. The van der Waals surface area contributed by atoms with Crippen LogP contribution >= 0.6 is 11.6 Å². The summed E-state index contributed by atoms with van der Waals surface area (Å²) in [6.07, 6.45) is 0. The molecule has 0 bridgehead atoms. The van der Waals surface area contributed by atoms with E-state index >= 15 is 0 Å². The maximum Gasteiger partial charge on any atom is 0.137 e. The molecule has 15 heavy (non-hydrogen) atoms. The molecule has 2 N–H and O–H groups in total. The number of hydrogen-bond donors (Lipinski definition) is 1. The van der Waals surface area contributed by atoms with E-state index in [1.807, 2.05) is 37.1 Å². The van der Waals surface area contributed by atoms with Crippen LogP contribution in [-0.2, 0) is 6.54 Å². The lowest BCUT2D eigenvalue weighted by atomic mass is 10.2. The highest BCUT2D eigenvalue weighted by atomic mass is 35.5. The second-order valence-corrected chi connectivity index (χ2v) is 3.80.